The molecule has 0 bridgehead atoms. The maximum atomic E-state index is 9.61. The highest BCUT2D eigenvalue weighted by Gasteiger charge is 2.30. The van der Waals surface area contributed by atoms with Crippen molar-refractivity contribution < 1.29 is 5.11 Å². The lowest BCUT2D eigenvalue weighted by atomic mass is 9.83. The lowest BCUT2D eigenvalue weighted by Crippen LogP contribution is -2.44. The molecule has 1 N–H and O–H groups in total. The van der Waals surface area contributed by atoms with Crippen molar-refractivity contribution in [2.75, 3.05) is 25.0 Å². The zero-order valence-electron chi connectivity index (χ0n) is 11.6. The van der Waals surface area contributed by atoms with Crippen molar-refractivity contribution in [1.82, 2.24) is 4.90 Å². The number of likely N-dealkylation sites (tertiary alicyclic amines) is 1. The van der Waals surface area contributed by atoms with Crippen LogP contribution in [0.4, 0.5) is 0 Å². The molecule has 1 saturated heterocycles. The Morgan fingerprint density at radius 1 is 1.29 bits per heavy atom. The molecule has 0 saturated carbocycles. The van der Waals surface area contributed by atoms with E-state index in [9.17, 15) is 5.11 Å². The zero-order valence-corrected chi connectivity index (χ0v) is 13.2. The minimum Gasteiger partial charge on any atom is -0.393 e. The topological polar surface area (TPSA) is 23.5 Å². The van der Waals surface area contributed by atoms with Crippen LogP contribution in [0.5, 0.6) is 0 Å². The number of aliphatic hydroxyl groups excluding tert-OH is 1. The predicted octanol–water partition coefficient (Wildman–Crippen LogP) is 3.28. The molecule has 1 heterocycles. The standard InChI is InChI=1S/C14H28BrNO/c1-4-14(5-2,10-15)11-16-8-6-13(7-9-16)12(3)17/h12-13,17H,4-11H2,1-3H3. The van der Waals surface area contributed by atoms with E-state index < -0.39 is 0 Å². The average molecular weight is 306 g/mol. The van der Waals surface area contributed by atoms with Crippen molar-refractivity contribution in [1.29, 1.82) is 0 Å². The highest BCUT2D eigenvalue weighted by atomic mass is 79.9. The first-order chi connectivity index (χ1) is 8.06. The van der Waals surface area contributed by atoms with Gasteiger partial charge in [0.25, 0.3) is 0 Å². The summed E-state index contributed by atoms with van der Waals surface area (Å²) in [4.78, 5) is 2.59. The Balaban J connectivity index is 2.44. The van der Waals surface area contributed by atoms with Gasteiger partial charge in [0.05, 0.1) is 6.10 Å². The van der Waals surface area contributed by atoms with Gasteiger partial charge in [-0.15, -0.1) is 0 Å². The fourth-order valence-electron chi connectivity index (χ4n) is 2.77. The summed E-state index contributed by atoms with van der Waals surface area (Å²) in [7, 11) is 0. The lowest BCUT2D eigenvalue weighted by molar-refractivity contribution is 0.0549. The molecule has 3 heteroatoms. The van der Waals surface area contributed by atoms with Crippen molar-refractivity contribution in [3.05, 3.63) is 0 Å². The van der Waals surface area contributed by atoms with Gasteiger partial charge in [-0.3, -0.25) is 0 Å². The van der Waals surface area contributed by atoms with Gasteiger partial charge in [-0.2, -0.15) is 0 Å². The molecule has 0 amide bonds. The van der Waals surface area contributed by atoms with Crippen molar-refractivity contribution >= 4 is 15.9 Å². The third kappa shape index (κ3) is 4.22. The molecule has 0 aliphatic carbocycles. The number of alkyl halides is 1. The maximum absolute atomic E-state index is 9.61. The first kappa shape index (κ1) is 15.5. The zero-order chi connectivity index (χ0) is 12.9. The van der Waals surface area contributed by atoms with Crippen LogP contribution < -0.4 is 0 Å². The quantitative estimate of drug-likeness (QED) is 0.761. The molecule has 0 aromatic rings. The number of rotatable bonds is 6. The van der Waals surface area contributed by atoms with Gasteiger partial charge < -0.3 is 10.0 Å². The molecular weight excluding hydrogens is 278 g/mol. The van der Waals surface area contributed by atoms with Crippen LogP contribution in [-0.2, 0) is 0 Å². The summed E-state index contributed by atoms with van der Waals surface area (Å²) < 4.78 is 0. The molecule has 1 rings (SSSR count). The van der Waals surface area contributed by atoms with E-state index >= 15 is 0 Å². The number of hydrogen-bond acceptors (Lipinski definition) is 2. The fourth-order valence-corrected chi connectivity index (χ4v) is 3.74. The lowest BCUT2D eigenvalue weighted by Gasteiger charge is -2.40. The Kier molecular flexibility index (Phi) is 6.46. The van der Waals surface area contributed by atoms with Gasteiger partial charge in [-0.05, 0) is 57.0 Å². The number of piperidine rings is 1. The van der Waals surface area contributed by atoms with E-state index in [0.29, 0.717) is 11.3 Å². The second-order valence-corrected chi connectivity index (χ2v) is 6.26. The summed E-state index contributed by atoms with van der Waals surface area (Å²) in [6, 6.07) is 0. The van der Waals surface area contributed by atoms with Gasteiger partial charge in [0.1, 0.15) is 0 Å². The molecule has 17 heavy (non-hydrogen) atoms. The normalized spacial score (nSPS) is 21.7. The third-order valence-corrected chi connectivity index (χ3v) is 5.85. The summed E-state index contributed by atoms with van der Waals surface area (Å²) >= 11 is 3.69. The molecule has 0 radical (unpaired) electrons. The molecule has 1 aliphatic heterocycles. The van der Waals surface area contributed by atoms with Crippen LogP contribution in [0, 0.1) is 11.3 Å². The van der Waals surface area contributed by atoms with Crippen LogP contribution >= 0.6 is 15.9 Å². The SMILES string of the molecule is CCC(CC)(CBr)CN1CCC(C(C)O)CC1. The van der Waals surface area contributed by atoms with Gasteiger partial charge in [0, 0.05) is 11.9 Å². The number of hydrogen-bond donors (Lipinski definition) is 1. The Morgan fingerprint density at radius 2 is 1.82 bits per heavy atom. The van der Waals surface area contributed by atoms with Crippen molar-refractivity contribution in [3.8, 4) is 0 Å². The number of aliphatic hydroxyl groups is 1. The molecule has 2 nitrogen and oxygen atoms in total. The minimum atomic E-state index is -0.129. The molecule has 1 fully saturated rings. The number of nitrogens with zero attached hydrogens (tertiary/aromatic N) is 1. The van der Waals surface area contributed by atoms with Crippen LogP contribution in [-0.4, -0.2) is 41.1 Å². The third-order valence-electron chi connectivity index (χ3n) is 4.66. The average Bonchev–Trinajstić information content (AvgIpc) is 2.37. The van der Waals surface area contributed by atoms with Crippen LogP contribution in [0.25, 0.3) is 0 Å². The Bertz CT molecular complexity index is 200. The monoisotopic (exact) mass is 305 g/mol. The molecule has 1 atom stereocenters. The summed E-state index contributed by atoms with van der Waals surface area (Å²) in [6.07, 6.45) is 4.67. The van der Waals surface area contributed by atoms with Crippen LogP contribution in [0.2, 0.25) is 0 Å². The Hall–Kier alpha value is 0.400. The summed E-state index contributed by atoms with van der Waals surface area (Å²) in [5.74, 6) is 0.521. The first-order valence-electron chi connectivity index (χ1n) is 7.03. The molecule has 1 unspecified atom stereocenters. The first-order valence-corrected chi connectivity index (χ1v) is 8.15. The van der Waals surface area contributed by atoms with Gasteiger partial charge in [-0.1, -0.05) is 29.8 Å². The molecule has 0 aromatic heterocycles. The Labute approximate surface area is 115 Å². The van der Waals surface area contributed by atoms with E-state index in [0.717, 1.165) is 31.3 Å². The van der Waals surface area contributed by atoms with Crippen molar-refractivity contribution in [2.24, 2.45) is 11.3 Å². The van der Waals surface area contributed by atoms with Gasteiger partial charge in [0.15, 0.2) is 0 Å². The second kappa shape index (κ2) is 7.10. The number of halogens is 1. The van der Waals surface area contributed by atoms with E-state index in [-0.39, 0.29) is 6.10 Å². The maximum Gasteiger partial charge on any atom is 0.0541 e. The van der Waals surface area contributed by atoms with Crippen LogP contribution in [0.3, 0.4) is 0 Å². The van der Waals surface area contributed by atoms with E-state index in [1.54, 1.807) is 0 Å². The van der Waals surface area contributed by atoms with Crippen LogP contribution in [0.1, 0.15) is 46.5 Å². The molecule has 102 valence electrons. The van der Waals surface area contributed by atoms with Gasteiger partial charge >= 0.3 is 0 Å². The van der Waals surface area contributed by atoms with Crippen molar-refractivity contribution in [2.45, 2.75) is 52.6 Å². The fraction of sp³-hybridized carbons (Fsp3) is 1.00. The smallest absolute Gasteiger partial charge is 0.0541 e. The predicted molar refractivity (Wildman–Crippen MR) is 77.7 cm³/mol. The molecule has 0 spiro atoms. The second-order valence-electron chi connectivity index (χ2n) is 5.69. The van der Waals surface area contributed by atoms with Crippen molar-refractivity contribution in [3.63, 3.8) is 0 Å². The van der Waals surface area contributed by atoms with E-state index in [1.165, 1.54) is 19.4 Å². The highest BCUT2D eigenvalue weighted by Crippen LogP contribution is 2.31. The van der Waals surface area contributed by atoms with Gasteiger partial charge in [-0.25, -0.2) is 0 Å². The van der Waals surface area contributed by atoms with Crippen LogP contribution in [0.15, 0.2) is 0 Å². The minimum absolute atomic E-state index is 0.129. The molecule has 0 aromatic carbocycles. The summed E-state index contributed by atoms with van der Waals surface area (Å²) in [5, 5.41) is 10.7. The van der Waals surface area contributed by atoms with E-state index in [1.807, 2.05) is 6.92 Å². The molecular formula is C14H28BrNO. The van der Waals surface area contributed by atoms with E-state index in [2.05, 4.69) is 34.7 Å². The summed E-state index contributed by atoms with van der Waals surface area (Å²) in [5.41, 5.74) is 0.442. The Morgan fingerprint density at radius 3 is 2.18 bits per heavy atom. The summed E-state index contributed by atoms with van der Waals surface area (Å²) in [6.45, 7) is 10.0. The largest absolute Gasteiger partial charge is 0.393 e. The van der Waals surface area contributed by atoms with E-state index in [4.69, 9.17) is 0 Å². The molecule has 1 aliphatic rings. The van der Waals surface area contributed by atoms with Gasteiger partial charge in [0.2, 0.25) is 0 Å². The highest BCUT2D eigenvalue weighted by molar-refractivity contribution is 9.09.